The number of halogens is 2. The molecule has 0 aliphatic heterocycles. The van der Waals surface area contributed by atoms with E-state index in [-0.39, 0.29) is 11.3 Å². The molecule has 0 spiro atoms. The lowest BCUT2D eigenvalue weighted by molar-refractivity contribution is -0.111. The summed E-state index contributed by atoms with van der Waals surface area (Å²) in [6.07, 6.45) is 1.39. The fraction of sp³-hybridized carbons (Fsp3) is 0.200. The van der Waals surface area contributed by atoms with Gasteiger partial charge in [-0.3, -0.25) is 4.79 Å². The monoisotopic (exact) mass is 423 g/mol. The maximum Gasteiger partial charge on any atom is 0.340 e. The highest BCUT2D eigenvalue weighted by molar-refractivity contribution is 6.42. The van der Waals surface area contributed by atoms with Gasteiger partial charge in [0.2, 0.25) is 5.91 Å². The summed E-state index contributed by atoms with van der Waals surface area (Å²) in [5, 5.41) is 3.48. The number of benzene rings is 2. The van der Waals surface area contributed by atoms with Gasteiger partial charge in [0.1, 0.15) is 0 Å². The van der Waals surface area contributed by atoms with Crippen molar-refractivity contribution in [3.8, 4) is 11.5 Å². The predicted octanol–water partition coefficient (Wildman–Crippen LogP) is 4.84. The second kappa shape index (κ2) is 9.48. The van der Waals surface area contributed by atoms with E-state index in [9.17, 15) is 9.59 Å². The number of amides is 1. The van der Waals surface area contributed by atoms with E-state index >= 15 is 0 Å². The first-order valence-electron chi connectivity index (χ1n) is 8.09. The van der Waals surface area contributed by atoms with Crippen LogP contribution < -0.4 is 14.8 Å². The summed E-state index contributed by atoms with van der Waals surface area (Å²) in [6.45, 7) is 1.76. The van der Waals surface area contributed by atoms with Crippen molar-refractivity contribution >= 4 is 46.3 Å². The Morgan fingerprint density at radius 2 is 1.61 bits per heavy atom. The van der Waals surface area contributed by atoms with Crippen LogP contribution in [0.5, 0.6) is 11.5 Å². The van der Waals surface area contributed by atoms with Crippen LogP contribution in [0, 0.1) is 0 Å². The van der Waals surface area contributed by atoms with Crippen LogP contribution in [0.3, 0.4) is 0 Å². The molecule has 0 aliphatic rings. The number of carbonyl (C=O) groups excluding carboxylic acids is 2. The molecule has 28 heavy (non-hydrogen) atoms. The molecule has 6 nitrogen and oxygen atoms in total. The van der Waals surface area contributed by atoms with Gasteiger partial charge < -0.3 is 19.5 Å². The number of carbonyl (C=O) groups is 2. The van der Waals surface area contributed by atoms with E-state index in [2.05, 4.69) is 5.32 Å². The zero-order valence-corrected chi connectivity index (χ0v) is 17.3. The SMILES string of the molecule is COC(=O)c1cc(OC)c(OC)cc1NC(=O)C=C(C)c1ccc(Cl)c(Cl)c1. The Labute approximate surface area is 173 Å². The van der Waals surface area contributed by atoms with E-state index < -0.39 is 11.9 Å². The van der Waals surface area contributed by atoms with Gasteiger partial charge in [0, 0.05) is 18.2 Å². The molecular formula is C20H19Cl2NO5. The van der Waals surface area contributed by atoms with Crippen LogP contribution in [0.2, 0.25) is 10.0 Å². The maximum absolute atomic E-state index is 12.5. The number of hydrogen-bond acceptors (Lipinski definition) is 5. The highest BCUT2D eigenvalue weighted by Crippen LogP contribution is 2.34. The molecule has 0 fully saturated rings. The summed E-state index contributed by atoms with van der Waals surface area (Å²) in [5.74, 6) is -0.374. The van der Waals surface area contributed by atoms with Gasteiger partial charge in [-0.05, 0) is 30.2 Å². The maximum atomic E-state index is 12.5. The number of nitrogens with one attached hydrogen (secondary N) is 1. The third-order valence-corrected chi connectivity index (χ3v) is 4.65. The Hall–Kier alpha value is -2.70. The van der Waals surface area contributed by atoms with Crippen molar-refractivity contribution in [2.24, 2.45) is 0 Å². The highest BCUT2D eigenvalue weighted by Gasteiger charge is 2.18. The molecule has 0 radical (unpaired) electrons. The largest absolute Gasteiger partial charge is 0.493 e. The molecule has 0 saturated carbocycles. The minimum absolute atomic E-state index is 0.133. The van der Waals surface area contributed by atoms with Gasteiger partial charge in [0.15, 0.2) is 11.5 Å². The second-order valence-corrected chi connectivity index (χ2v) is 6.50. The number of anilines is 1. The Morgan fingerprint density at radius 3 is 2.18 bits per heavy atom. The van der Waals surface area contributed by atoms with Gasteiger partial charge in [-0.25, -0.2) is 4.79 Å². The first kappa shape index (κ1) is 21.6. The van der Waals surface area contributed by atoms with E-state index in [1.54, 1.807) is 25.1 Å². The Morgan fingerprint density at radius 1 is 0.964 bits per heavy atom. The molecule has 2 aromatic rings. The summed E-state index contributed by atoms with van der Waals surface area (Å²) < 4.78 is 15.2. The average molecular weight is 424 g/mol. The molecule has 0 heterocycles. The number of ether oxygens (including phenoxy) is 3. The average Bonchev–Trinajstić information content (AvgIpc) is 2.68. The fourth-order valence-electron chi connectivity index (χ4n) is 2.45. The van der Waals surface area contributed by atoms with Gasteiger partial charge in [-0.2, -0.15) is 0 Å². The third-order valence-electron chi connectivity index (χ3n) is 3.91. The first-order chi connectivity index (χ1) is 13.3. The van der Waals surface area contributed by atoms with Crippen molar-refractivity contribution in [2.75, 3.05) is 26.6 Å². The standard InChI is InChI=1S/C20H19Cl2NO5/c1-11(12-5-6-14(21)15(22)8-12)7-19(24)23-16-10-18(27-3)17(26-2)9-13(16)20(25)28-4/h5-10H,1-4H3,(H,23,24). The van der Waals surface area contributed by atoms with Crippen LogP contribution in [0.4, 0.5) is 5.69 Å². The van der Waals surface area contributed by atoms with Crippen LogP contribution in [0.15, 0.2) is 36.4 Å². The molecule has 148 valence electrons. The molecular weight excluding hydrogens is 405 g/mol. The van der Waals surface area contributed by atoms with Crippen molar-refractivity contribution in [2.45, 2.75) is 6.92 Å². The van der Waals surface area contributed by atoms with Gasteiger partial charge in [-0.1, -0.05) is 29.3 Å². The fourth-order valence-corrected chi connectivity index (χ4v) is 2.75. The molecule has 0 saturated heterocycles. The number of hydrogen-bond donors (Lipinski definition) is 1. The van der Waals surface area contributed by atoms with E-state index in [4.69, 9.17) is 37.4 Å². The van der Waals surface area contributed by atoms with Gasteiger partial charge in [0.05, 0.1) is 42.6 Å². The molecule has 2 aromatic carbocycles. The van der Waals surface area contributed by atoms with Crippen molar-refractivity contribution in [1.29, 1.82) is 0 Å². The second-order valence-electron chi connectivity index (χ2n) is 5.69. The molecule has 1 N–H and O–H groups in total. The highest BCUT2D eigenvalue weighted by atomic mass is 35.5. The summed E-state index contributed by atoms with van der Waals surface area (Å²) >= 11 is 11.9. The van der Waals surface area contributed by atoms with Gasteiger partial charge >= 0.3 is 5.97 Å². The molecule has 1 amide bonds. The van der Waals surface area contributed by atoms with Crippen molar-refractivity contribution in [3.05, 3.63) is 57.6 Å². The molecule has 8 heteroatoms. The molecule has 0 bridgehead atoms. The minimum Gasteiger partial charge on any atom is -0.493 e. The number of methoxy groups -OCH3 is 3. The van der Waals surface area contributed by atoms with Crippen LogP contribution in [-0.4, -0.2) is 33.2 Å². The van der Waals surface area contributed by atoms with Crippen molar-refractivity contribution in [3.63, 3.8) is 0 Å². The Kier molecular flexibility index (Phi) is 7.31. The molecule has 0 unspecified atom stereocenters. The summed E-state index contributed by atoms with van der Waals surface area (Å²) in [5.41, 5.74) is 1.77. The quantitative estimate of drug-likeness (QED) is 0.531. The molecule has 0 aromatic heterocycles. The van der Waals surface area contributed by atoms with Crippen molar-refractivity contribution in [1.82, 2.24) is 0 Å². The predicted molar refractivity (Wildman–Crippen MR) is 110 cm³/mol. The van der Waals surface area contributed by atoms with Crippen LogP contribution >= 0.6 is 23.2 Å². The molecule has 0 aliphatic carbocycles. The normalized spacial score (nSPS) is 11.0. The van der Waals surface area contributed by atoms with E-state index in [1.165, 1.54) is 39.5 Å². The lowest BCUT2D eigenvalue weighted by Crippen LogP contribution is -2.14. The summed E-state index contributed by atoms with van der Waals surface area (Å²) in [7, 11) is 4.15. The van der Waals surface area contributed by atoms with E-state index in [1.807, 2.05) is 0 Å². The number of esters is 1. The van der Waals surface area contributed by atoms with Crippen LogP contribution in [0.1, 0.15) is 22.8 Å². The molecule has 2 rings (SSSR count). The topological polar surface area (TPSA) is 73.9 Å². The number of allylic oxidation sites excluding steroid dienone is 1. The summed E-state index contributed by atoms with van der Waals surface area (Å²) in [6, 6.07) is 8.00. The Balaban J connectivity index is 2.36. The van der Waals surface area contributed by atoms with Gasteiger partial charge in [-0.15, -0.1) is 0 Å². The van der Waals surface area contributed by atoms with Crippen LogP contribution in [-0.2, 0) is 9.53 Å². The van der Waals surface area contributed by atoms with Gasteiger partial charge in [0.25, 0.3) is 0 Å². The lowest BCUT2D eigenvalue weighted by Gasteiger charge is -2.14. The minimum atomic E-state index is -0.624. The molecule has 0 atom stereocenters. The lowest BCUT2D eigenvalue weighted by atomic mass is 10.1. The van der Waals surface area contributed by atoms with Crippen molar-refractivity contribution < 1.29 is 23.8 Å². The zero-order chi connectivity index (χ0) is 20.8. The smallest absolute Gasteiger partial charge is 0.340 e. The van der Waals surface area contributed by atoms with Crippen LogP contribution in [0.25, 0.3) is 5.57 Å². The van der Waals surface area contributed by atoms with E-state index in [0.717, 1.165) is 5.56 Å². The zero-order valence-electron chi connectivity index (χ0n) is 15.8. The summed E-state index contributed by atoms with van der Waals surface area (Å²) in [4.78, 5) is 24.6. The first-order valence-corrected chi connectivity index (χ1v) is 8.85. The number of rotatable bonds is 6. The van der Waals surface area contributed by atoms with E-state index in [0.29, 0.717) is 27.1 Å². The third kappa shape index (κ3) is 4.97. The Bertz CT molecular complexity index is 940.